The van der Waals surface area contributed by atoms with Gasteiger partial charge in [0, 0.05) is 28.5 Å². The molecule has 0 unspecified atom stereocenters. The van der Waals surface area contributed by atoms with E-state index in [9.17, 15) is 18.0 Å². The van der Waals surface area contributed by atoms with Crippen molar-refractivity contribution in [2.75, 3.05) is 17.1 Å². The molecular weight excluding hydrogens is 614 g/mol. The Hall–Kier alpha value is -2.88. The van der Waals surface area contributed by atoms with Crippen molar-refractivity contribution in [3.8, 4) is 0 Å². The Morgan fingerprint density at radius 2 is 1.68 bits per heavy atom. The van der Waals surface area contributed by atoms with E-state index in [2.05, 4.69) is 21.2 Å². The van der Waals surface area contributed by atoms with Gasteiger partial charge in [0.1, 0.15) is 12.6 Å². The van der Waals surface area contributed by atoms with Gasteiger partial charge in [0.25, 0.3) is 0 Å². The van der Waals surface area contributed by atoms with E-state index in [0.29, 0.717) is 20.7 Å². The molecule has 1 aliphatic carbocycles. The molecule has 10 heteroatoms. The number of halogens is 2. The van der Waals surface area contributed by atoms with Crippen LogP contribution in [-0.2, 0) is 32.6 Å². The number of hydrogen-bond donors (Lipinski definition) is 1. The predicted octanol–water partition coefficient (Wildman–Crippen LogP) is 5.57. The minimum absolute atomic E-state index is 0.0458. The summed E-state index contributed by atoms with van der Waals surface area (Å²) in [5.41, 5.74) is 1.90. The Bertz CT molecular complexity index is 1430. The van der Waals surface area contributed by atoms with Gasteiger partial charge in [-0.15, -0.1) is 0 Å². The molecule has 2 amide bonds. The topological polar surface area (TPSA) is 86.8 Å². The van der Waals surface area contributed by atoms with Crippen molar-refractivity contribution < 1.29 is 18.0 Å². The number of nitrogens with one attached hydrogen (secondary N) is 1. The number of hydrogen-bond acceptors (Lipinski definition) is 4. The van der Waals surface area contributed by atoms with Crippen LogP contribution in [0.4, 0.5) is 5.69 Å². The molecule has 3 aromatic rings. The minimum Gasteiger partial charge on any atom is -0.352 e. The lowest BCUT2D eigenvalue weighted by molar-refractivity contribution is -0.140. The van der Waals surface area contributed by atoms with Crippen LogP contribution in [0, 0.1) is 0 Å². The number of sulfonamides is 1. The van der Waals surface area contributed by atoms with Gasteiger partial charge in [-0.1, -0.05) is 95.0 Å². The summed E-state index contributed by atoms with van der Waals surface area (Å²) in [4.78, 5) is 29.4. The zero-order valence-corrected chi connectivity index (χ0v) is 25.5. The van der Waals surface area contributed by atoms with Crippen molar-refractivity contribution in [2.45, 2.75) is 50.7 Å². The molecule has 7 nitrogen and oxygen atoms in total. The fourth-order valence-electron chi connectivity index (χ4n) is 4.98. The van der Waals surface area contributed by atoms with Crippen LogP contribution in [0.15, 0.2) is 83.3 Å². The zero-order chi connectivity index (χ0) is 28.7. The molecule has 0 aromatic heterocycles. The van der Waals surface area contributed by atoms with Crippen molar-refractivity contribution in [1.82, 2.24) is 10.2 Å². The van der Waals surface area contributed by atoms with Gasteiger partial charge < -0.3 is 10.2 Å². The Kier molecular flexibility index (Phi) is 10.3. The highest BCUT2D eigenvalue weighted by Gasteiger charge is 2.34. The summed E-state index contributed by atoms with van der Waals surface area (Å²) < 4.78 is 27.5. The smallest absolute Gasteiger partial charge is 0.244 e. The molecule has 0 radical (unpaired) electrons. The van der Waals surface area contributed by atoms with Crippen molar-refractivity contribution in [1.29, 1.82) is 0 Å². The molecule has 0 heterocycles. The highest BCUT2D eigenvalue weighted by molar-refractivity contribution is 9.10. The summed E-state index contributed by atoms with van der Waals surface area (Å²) in [7, 11) is -3.83. The Balaban J connectivity index is 1.73. The van der Waals surface area contributed by atoms with E-state index in [4.69, 9.17) is 11.6 Å². The Morgan fingerprint density at radius 1 is 1.00 bits per heavy atom. The maximum atomic E-state index is 14.1. The van der Waals surface area contributed by atoms with Crippen LogP contribution in [0.2, 0.25) is 5.02 Å². The lowest BCUT2D eigenvalue weighted by atomic mass is 10.0. The van der Waals surface area contributed by atoms with Crippen molar-refractivity contribution >= 4 is 55.1 Å². The van der Waals surface area contributed by atoms with Gasteiger partial charge >= 0.3 is 0 Å². The third-order valence-corrected chi connectivity index (χ3v) is 9.05. The van der Waals surface area contributed by atoms with E-state index in [0.717, 1.165) is 41.8 Å². The largest absolute Gasteiger partial charge is 0.352 e. The SMILES string of the molecule is CS(=O)(=O)N(CC(=O)N(Cc1ccccc1Cl)[C@H](Cc1ccccc1)C(=O)NC1CCCC1)c1cccc(Br)c1. The van der Waals surface area contributed by atoms with Gasteiger partial charge in [-0.25, -0.2) is 8.42 Å². The van der Waals surface area contributed by atoms with E-state index in [1.807, 2.05) is 36.4 Å². The van der Waals surface area contributed by atoms with Crippen LogP contribution in [0.25, 0.3) is 0 Å². The predicted molar refractivity (Wildman–Crippen MR) is 163 cm³/mol. The highest BCUT2D eigenvalue weighted by atomic mass is 79.9. The second-order valence-electron chi connectivity index (χ2n) is 10.1. The van der Waals surface area contributed by atoms with Gasteiger partial charge in [-0.2, -0.15) is 0 Å². The normalized spacial score (nSPS) is 14.5. The third-order valence-electron chi connectivity index (χ3n) is 7.05. The van der Waals surface area contributed by atoms with Gasteiger partial charge in [-0.05, 0) is 48.2 Å². The van der Waals surface area contributed by atoms with Crippen molar-refractivity contribution in [3.63, 3.8) is 0 Å². The van der Waals surface area contributed by atoms with Gasteiger partial charge in [0.2, 0.25) is 21.8 Å². The highest BCUT2D eigenvalue weighted by Crippen LogP contribution is 2.25. The first kappa shape index (κ1) is 30.1. The number of carbonyl (C=O) groups excluding carboxylic acids is 2. The van der Waals surface area contributed by atoms with E-state index in [1.165, 1.54) is 4.90 Å². The Morgan fingerprint density at radius 3 is 2.33 bits per heavy atom. The summed E-state index contributed by atoms with van der Waals surface area (Å²) in [6.45, 7) is -0.425. The number of anilines is 1. The number of benzene rings is 3. The van der Waals surface area contributed by atoms with Gasteiger partial charge in [0.05, 0.1) is 11.9 Å². The summed E-state index contributed by atoms with van der Waals surface area (Å²) in [5.74, 6) is -0.766. The van der Waals surface area contributed by atoms with E-state index in [-0.39, 0.29) is 24.9 Å². The van der Waals surface area contributed by atoms with Crippen molar-refractivity contribution in [3.05, 3.63) is 99.5 Å². The van der Waals surface area contributed by atoms with Gasteiger partial charge in [0.15, 0.2) is 0 Å². The first-order valence-electron chi connectivity index (χ1n) is 13.2. The summed E-state index contributed by atoms with van der Waals surface area (Å²) in [6.07, 6.45) is 5.22. The lowest BCUT2D eigenvalue weighted by Gasteiger charge is -2.34. The molecule has 4 rings (SSSR count). The molecule has 0 spiro atoms. The van der Waals surface area contributed by atoms with Gasteiger partial charge in [-0.3, -0.25) is 13.9 Å². The van der Waals surface area contributed by atoms with E-state index < -0.39 is 28.5 Å². The van der Waals surface area contributed by atoms with E-state index >= 15 is 0 Å². The molecule has 212 valence electrons. The van der Waals surface area contributed by atoms with Crippen LogP contribution in [-0.4, -0.2) is 50.0 Å². The quantitative estimate of drug-likeness (QED) is 0.295. The number of amides is 2. The molecule has 40 heavy (non-hydrogen) atoms. The fourth-order valence-corrected chi connectivity index (χ4v) is 6.40. The average molecular weight is 647 g/mol. The van der Waals surface area contributed by atoms with Crippen LogP contribution in [0.3, 0.4) is 0 Å². The summed E-state index contributed by atoms with van der Waals surface area (Å²) >= 11 is 9.88. The third kappa shape index (κ3) is 8.08. The zero-order valence-electron chi connectivity index (χ0n) is 22.3. The molecule has 0 bridgehead atoms. The maximum absolute atomic E-state index is 14.1. The molecule has 3 aromatic carbocycles. The second-order valence-corrected chi connectivity index (χ2v) is 13.3. The van der Waals surface area contributed by atoms with Crippen molar-refractivity contribution in [2.24, 2.45) is 0 Å². The lowest BCUT2D eigenvalue weighted by Crippen LogP contribution is -2.54. The molecule has 0 aliphatic heterocycles. The summed E-state index contributed by atoms with van der Waals surface area (Å²) in [6, 6.07) is 22.6. The van der Waals surface area contributed by atoms with Crippen LogP contribution >= 0.6 is 27.5 Å². The number of carbonyl (C=O) groups is 2. The first-order chi connectivity index (χ1) is 19.1. The summed E-state index contributed by atoms with van der Waals surface area (Å²) in [5, 5.41) is 3.61. The fraction of sp³-hybridized carbons (Fsp3) is 0.333. The number of rotatable bonds is 11. The van der Waals surface area contributed by atoms with Crippen LogP contribution in [0.5, 0.6) is 0 Å². The Labute approximate surface area is 249 Å². The molecular formula is C30H33BrClN3O4S. The van der Waals surface area contributed by atoms with Crippen LogP contribution in [0.1, 0.15) is 36.8 Å². The number of nitrogens with zero attached hydrogens (tertiary/aromatic N) is 2. The molecule has 1 atom stereocenters. The molecule has 0 saturated heterocycles. The average Bonchev–Trinajstić information content (AvgIpc) is 3.43. The first-order valence-corrected chi connectivity index (χ1v) is 16.2. The molecule has 1 fully saturated rings. The maximum Gasteiger partial charge on any atom is 0.244 e. The van der Waals surface area contributed by atoms with Crippen LogP contribution < -0.4 is 9.62 Å². The second kappa shape index (κ2) is 13.7. The molecule has 1 N–H and O–H groups in total. The molecule has 1 saturated carbocycles. The van der Waals surface area contributed by atoms with E-state index in [1.54, 1.807) is 42.5 Å². The minimum atomic E-state index is -3.83. The monoisotopic (exact) mass is 645 g/mol. The standard InChI is InChI=1S/C30H33BrClN3O4S/c1-40(38,39)35(26-16-9-13-24(31)19-26)21-29(36)34(20-23-12-5-8-17-27(23)32)28(18-22-10-3-2-4-11-22)30(37)33-25-14-6-7-15-25/h2-5,8-13,16-17,19,25,28H,6-7,14-15,18,20-21H2,1H3,(H,33,37)/t28-/m1/s1. The molecule has 1 aliphatic rings.